The summed E-state index contributed by atoms with van der Waals surface area (Å²) in [6.07, 6.45) is 0. The SMILES string of the molecule is CCOC(=O)COC1=C(C(=O)c2ccc(C)cc2)COC1=O. The van der Waals surface area contributed by atoms with Crippen molar-refractivity contribution in [2.45, 2.75) is 13.8 Å². The zero-order chi connectivity index (χ0) is 16.1. The van der Waals surface area contributed by atoms with Gasteiger partial charge in [0, 0.05) is 5.56 Å². The first-order chi connectivity index (χ1) is 10.5. The van der Waals surface area contributed by atoms with Crippen molar-refractivity contribution in [3.05, 3.63) is 46.7 Å². The number of benzene rings is 1. The lowest BCUT2D eigenvalue weighted by Gasteiger charge is -2.06. The highest BCUT2D eigenvalue weighted by Gasteiger charge is 2.32. The van der Waals surface area contributed by atoms with Crippen molar-refractivity contribution in [3.8, 4) is 0 Å². The van der Waals surface area contributed by atoms with Gasteiger partial charge in [0.2, 0.25) is 5.76 Å². The average Bonchev–Trinajstić information content (AvgIpc) is 2.86. The molecule has 2 rings (SSSR count). The summed E-state index contributed by atoms with van der Waals surface area (Å²) in [4.78, 5) is 35.3. The lowest BCUT2D eigenvalue weighted by Crippen LogP contribution is -2.16. The van der Waals surface area contributed by atoms with Crippen molar-refractivity contribution in [2.75, 3.05) is 19.8 Å². The molecule has 0 radical (unpaired) electrons. The molecular weight excluding hydrogens is 288 g/mol. The van der Waals surface area contributed by atoms with Gasteiger partial charge >= 0.3 is 11.9 Å². The van der Waals surface area contributed by atoms with E-state index in [0.29, 0.717) is 5.56 Å². The number of carbonyl (C=O) groups excluding carboxylic acids is 3. The molecule has 1 aliphatic rings. The van der Waals surface area contributed by atoms with E-state index in [4.69, 9.17) is 14.2 Å². The second-order valence-electron chi connectivity index (χ2n) is 4.67. The van der Waals surface area contributed by atoms with Crippen LogP contribution < -0.4 is 0 Å². The Hall–Kier alpha value is -2.63. The highest BCUT2D eigenvalue weighted by molar-refractivity contribution is 6.14. The fourth-order valence-corrected chi connectivity index (χ4v) is 1.92. The fraction of sp³-hybridized carbons (Fsp3) is 0.312. The van der Waals surface area contributed by atoms with E-state index >= 15 is 0 Å². The fourth-order valence-electron chi connectivity index (χ4n) is 1.92. The van der Waals surface area contributed by atoms with Gasteiger partial charge < -0.3 is 14.2 Å². The van der Waals surface area contributed by atoms with E-state index < -0.39 is 18.5 Å². The van der Waals surface area contributed by atoms with Gasteiger partial charge in [-0.25, -0.2) is 9.59 Å². The standard InChI is InChI=1S/C16H16O6/c1-3-20-13(17)9-21-15-12(8-22-16(15)19)14(18)11-6-4-10(2)5-7-11/h4-7H,3,8-9H2,1-2H3. The molecule has 6 heteroatoms. The highest BCUT2D eigenvalue weighted by Crippen LogP contribution is 2.21. The van der Waals surface area contributed by atoms with Crippen LogP contribution in [0.2, 0.25) is 0 Å². The molecule has 0 unspecified atom stereocenters. The van der Waals surface area contributed by atoms with Gasteiger partial charge in [0.05, 0.1) is 12.2 Å². The summed E-state index contributed by atoms with van der Waals surface area (Å²) < 4.78 is 14.7. The maximum Gasteiger partial charge on any atom is 0.374 e. The number of ketones is 1. The van der Waals surface area contributed by atoms with Crippen LogP contribution in [0.25, 0.3) is 0 Å². The van der Waals surface area contributed by atoms with E-state index in [0.717, 1.165) is 5.56 Å². The number of ether oxygens (including phenoxy) is 3. The van der Waals surface area contributed by atoms with Crippen LogP contribution in [-0.4, -0.2) is 37.5 Å². The minimum absolute atomic E-state index is 0.109. The largest absolute Gasteiger partial charge is 0.474 e. The normalized spacial score (nSPS) is 13.8. The number of esters is 2. The number of hydrogen-bond donors (Lipinski definition) is 0. The molecule has 1 heterocycles. The molecule has 6 nitrogen and oxygen atoms in total. The van der Waals surface area contributed by atoms with Crippen LogP contribution in [0.4, 0.5) is 0 Å². The number of cyclic esters (lactones) is 1. The van der Waals surface area contributed by atoms with Crippen LogP contribution in [0.1, 0.15) is 22.8 Å². The zero-order valence-corrected chi connectivity index (χ0v) is 12.4. The summed E-state index contributed by atoms with van der Waals surface area (Å²) in [5, 5.41) is 0. The summed E-state index contributed by atoms with van der Waals surface area (Å²) in [5.74, 6) is -1.94. The molecule has 0 saturated carbocycles. The third-order valence-corrected chi connectivity index (χ3v) is 3.03. The second-order valence-corrected chi connectivity index (χ2v) is 4.67. The molecule has 1 aliphatic heterocycles. The van der Waals surface area contributed by atoms with Gasteiger partial charge in [-0.2, -0.15) is 0 Å². The minimum atomic E-state index is -0.750. The highest BCUT2D eigenvalue weighted by atomic mass is 16.6. The van der Waals surface area contributed by atoms with E-state index in [1.807, 2.05) is 6.92 Å². The van der Waals surface area contributed by atoms with Gasteiger partial charge in [-0.05, 0) is 13.8 Å². The zero-order valence-electron chi connectivity index (χ0n) is 12.4. The Morgan fingerprint density at radius 2 is 1.91 bits per heavy atom. The second kappa shape index (κ2) is 6.89. The molecule has 0 aliphatic carbocycles. The van der Waals surface area contributed by atoms with Gasteiger partial charge in [0.1, 0.15) is 6.61 Å². The summed E-state index contributed by atoms with van der Waals surface area (Å²) in [6.45, 7) is 3.17. The Kier molecular flexibility index (Phi) is 4.93. The van der Waals surface area contributed by atoms with Crippen molar-refractivity contribution < 1.29 is 28.6 Å². The van der Waals surface area contributed by atoms with Crippen molar-refractivity contribution >= 4 is 17.7 Å². The number of hydrogen-bond acceptors (Lipinski definition) is 6. The van der Waals surface area contributed by atoms with Crippen LogP contribution in [0.15, 0.2) is 35.6 Å². The third-order valence-electron chi connectivity index (χ3n) is 3.03. The quantitative estimate of drug-likeness (QED) is 0.586. The van der Waals surface area contributed by atoms with Gasteiger partial charge in [0.15, 0.2) is 12.4 Å². The maximum atomic E-state index is 12.4. The predicted octanol–water partition coefficient (Wildman–Crippen LogP) is 1.57. The van der Waals surface area contributed by atoms with Gasteiger partial charge in [0.25, 0.3) is 0 Å². The molecule has 0 aromatic heterocycles. The van der Waals surface area contributed by atoms with Crippen molar-refractivity contribution in [1.82, 2.24) is 0 Å². The third kappa shape index (κ3) is 3.52. The molecular formula is C16H16O6. The molecule has 0 spiro atoms. The minimum Gasteiger partial charge on any atom is -0.474 e. The first-order valence-corrected chi connectivity index (χ1v) is 6.83. The predicted molar refractivity (Wildman–Crippen MR) is 76.1 cm³/mol. The van der Waals surface area contributed by atoms with Crippen LogP contribution in [0.5, 0.6) is 0 Å². The summed E-state index contributed by atoms with van der Waals surface area (Å²) in [6, 6.07) is 6.92. The first-order valence-electron chi connectivity index (χ1n) is 6.83. The molecule has 0 saturated heterocycles. The molecule has 1 aromatic carbocycles. The van der Waals surface area contributed by atoms with Gasteiger partial charge in [-0.15, -0.1) is 0 Å². The van der Waals surface area contributed by atoms with Crippen molar-refractivity contribution in [3.63, 3.8) is 0 Å². The molecule has 1 aromatic rings. The average molecular weight is 304 g/mol. The molecule has 0 atom stereocenters. The summed E-state index contributed by atoms with van der Waals surface area (Å²) >= 11 is 0. The number of aryl methyl sites for hydroxylation is 1. The van der Waals surface area contributed by atoms with Crippen molar-refractivity contribution in [2.24, 2.45) is 0 Å². The number of carbonyl (C=O) groups is 3. The molecule has 0 amide bonds. The Labute approximate surface area is 127 Å². The van der Waals surface area contributed by atoms with Crippen LogP contribution in [-0.2, 0) is 23.8 Å². The Balaban J connectivity index is 2.17. The van der Waals surface area contributed by atoms with Gasteiger partial charge in [-0.1, -0.05) is 29.8 Å². The molecule has 0 fully saturated rings. The van der Waals surface area contributed by atoms with E-state index in [1.165, 1.54) is 0 Å². The van der Waals surface area contributed by atoms with Crippen LogP contribution in [0, 0.1) is 6.92 Å². The first kappa shape index (κ1) is 15.8. The topological polar surface area (TPSA) is 78.9 Å². The lowest BCUT2D eigenvalue weighted by atomic mass is 10.0. The molecule has 22 heavy (non-hydrogen) atoms. The molecule has 116 valence electrons. The maximum absolute atomic E-state index is 12.4. The lowest BCUT2D eigenvalue weighted by molar-refractivity contribution is -0.148. The van der Waals surface area contributed by atoms with E-state index in [2.05, 4.69) is 0 Å². The van der Waals surface area contributed by atoms with Crippen LogP contribution in [0.3, 0.4) is 0 Å². The summed E-state index contributed by atoms with van der Waals surface area (Å²) in [7, 11) is 0. The number of Topliss-reactive ketones (excluding diaryl/α,β-unsaturated/α-hetero) is 1. The smallest absolute Gasteiger partial charge is 0.374 e. The summed E-state index contributed by atoms with van der Waals surface area (Å²) in [5.41, 5.74) is 1.55. The van der Waals surface area contributed by atoms with E-state index in [9.17, 15) is 14.4 Å². The van der Waals surface area contributed by atoms with E-state index in [-0.39, 0.29) is 30.3 Å². The Bertz CT molecular complexity index is 627. The molecule has 0 N–H and O–H groups in total. The van der Waals surface area contributed by atoms with Crippen LogP contribution >= 0.6 is 0 Å². The van der Waals surface area contributed by atoms with Crippen molar-refractivity contribution in [1.29, 1.82) is 0 Å². The molecule has 0 bridgehead atoms. The Morgan fingerprint density at radius 3 is 2.55 bits per heavy atom. The monoisotopic (exact) mass is 304 g/mol. The Morgan fingerprint density at radius 1 is 1.23 bits per heavy atom. The van der Waals surface area contributed by atoms with Gasteiger partial charge in [-0.3, -0.25) is 4.79 Å². The number of rotatable bonds is 6. The van der Waals surface area contributed by atoms with E-state index in [1.54, 1.807) is 31.2 Å².